The van der Waals surface area contributed by atoms with E-state index in [4.69, 9.17) is 14.6 Å². The van der Waals surface area contributed by atoms with Gasteiger partial charge in [0.05, 0.1) is 19.2 Å². The van der Waals surface area contributed by atoms with E-state index in [0.717, 1.165) is 39.7 Å². The first-order chi connectivity index (χ1) is 17.4. The Kier molecular flexibility index (Phi) is 6.40. The highest BCUT2D eigenvalue weighted by molar-refractivity contribution is 6.01. The van der Waals surface area contributed by atoms with Gasteiger partial charge in [0, 0.05) is 74.3 Å². The number of hydrogen-bond acceptors (Lipinski definition) is 5. The Morgan fingerprint density at radius 1 is 1.14 bits per heavy atom. The topological polar surface area (TPSA) is 90.6 Å². The summed E-state index contributed by atoms with van der Waals surface area (Å²) in [6.07, 6.45) is 2.00. The third-order valence-corrected chi connectivity index (χ3v) is 7.00. The molecule has 1 aliphatic heterocycles. The van der Waals surface area contributed by atoms with Gasteiger partial charge in [-0.1, -0.05) is 0 Å². The van der Waals surface area contributed by atoms with E-state index in [0.29, 0.717) is 43.4 Å². The Morgan fingerprint density at radius 3 is 2.69 bits per heavy atom. The van der Waals surface area contributed by atoms with E-state index in [1.54, 1.807) is 14.2 Å². The zero-order chi connectivity index (χ0) is 25.4. The lowest BCUT2D eigenvalue weighted by Crippen LogP contribution is -2.51. The van der Waals surface area contributed by atoms with E-state index < -0.39 is 0 Å². The normalized spacial score (nSPS) is 13.8. The molecule has 0 atom stereocenters. The summed E-state index contributed by atoms with van der Waals surface area (Å²) in [5, 5.41) is 9.53. The molecule has 4 aromatic rings. The van der Waals surface area contributed by atoms with Crippen LogP contribution in [0.3, 0.4) is 0 Å². The van der Waals surface area contributed by atoms with E-state index in [2.05, 4.69) is 5.32 Å². The number of likely N-dealkylation sites (tertiary alicyclic amines) is 1. The van der Waals surface area contributed by atoms with Gasteiger partial charge in [0.2, 0.25) is 0 Å². The van der Waals surface area contributed by atoms with Crippen LogP contribution < -0.4 is 10.1 Å². The minimum Gasteiger partial charge on any atom is -0.497 e. The molecule has 9 heteroatoms. The van der Waals surface area contributed by atoms with Gasteiger partial charge >= 0.3 is 0 Å². The molecule has 0 unspecified atom stereocenters. The quantitative estimate of drug-likeness (QED) is 0.384. The first-order valence-electron chi connectivity index (χ1n) is 12.1. The van der Waals surface area contributed by atoms with Crippen LogP contribution in [0.1, 0.15) is 26.4 Å². The maximum Gasteiger partial charge on any atom is 0.270 e. The second-order valence-corrected chi connectivity index (χ2v) is 9.36. The summed E-state index contributed by atoms with van der Waals surface area (Å²) in [4.78, 5) is 27.6. The molecule has 3 heterocycles. The van der Waals surface area contributed by atoms with Crippen LogP contribution in [0.4, 0.5) is 0 Å². The summed E-state index contributed by atoms with van der Waals surface area (Å²) in [5.41, 5.74) is 4.09. The zero-order valence-corrected chi connectivity index (χ0v) is 21.1. The highest BCUT2D eigenvalue weighted by Gasteiger charge is 2.33. The number of ether oxygens (including phenoxy) is 2. The summed E-state index contributed by atoms with van der Waals surface area (Å²) in [6, 6.07) is 11.5. The molecule has 1 N–H and O–H groups in total. The molecular formula is C27H31N5O4. The van der Waals surface area contributed by atoms with E-state index in [1.807, 2.05) is 70.7 Å². The second kappa shape index (κ2) is 9.66. The summed E-state index contributed by atoms with van der Waals surface area (Å²) >= 11 is 0. The van der Waals surface area contributed by atoms with Crippen LogP contribution in [0, 0.1) is 12.8 Å². The SMILES string of the molecule is COCCNC(=O)c1ccc2nn(CC3CN(C(=O)c4cc5cc(OC)ccc5n4C)C3)cc2c1C. The largest absolute Gasteiger partial charge is 0.497 e. The molecule has 2 aromatic heterocycles. The molecule has 9 nitrogen and oxygen atoms in total. The lowest BCUT2D eigenvalue weighted by Gasteiger charge is -2.39. The lowest BCUT2D eigenvalue weighted by molar-refractivity contribution is 0.0452. The molecule has 0 radical (unpaired) electrons. The molecule has 1 fully saturated rings. The van der Waals surface area contributed by atoms with Gasteiger partial charge < -0.3 is 24.3 Å². The number of nitrogens with zero attached hydrogens (tertiary/aromatic N) is 4. The van der Waals surface area contributed by atoms with Crippen molar-refractivity contribution in [3.05, 3.63) is 59.4 Å². The van der Waals surface area contributed by atoms with Crippen LogP contribution in [-0.2, 0) is 18.3 Å². The number of aryl methyl sites for hydroxylation is 2. The van der Waals surface area contributed by atoms with Crippen molar-refractivity contribution in [2.45, 2.75) is 13.5 Å². The number of carbonyl (C=O) groups excluding carboxylic acids is 2. The van der Waals surface area contributed by atoms with Crippen LogP contribution in [-0.4, -0.2) is 71.5 Å². The zero-order valence-electron chi connectivity index (χ0n) is 21.1. The summed E-state index contributed by atoms with van der Waals surface area (Å²) in [7, 11) is 5.17. The van der Waals surface area contributed by atoms with E-state index >= 15 is 0 Å². The van der Waals surface area contributed by atoms with Crippen molar-refractivity contribution < 1.29 is 19.1 Å². The molecule has 0 spiro atoms. The fraction of sp³-hybridized carbons (Fsp3) is 0.370. The van der Waals surface area contributed by atoms with E-state index in [9.17, 15) is 9.59 Å². The molecule has 188 valence electrons. The van der Waals surface area contributed by atoms with Gasteiger partial charge in [0.15, 0.2) is 0 Å². The first kappa shape index (κ1) is 23.9. The minimum absolute atomic E-state index is 0.0366. The maximum absolute atomic E-state index is 13.2. The van der Waals surface area contributed by atoms with Crippen LogP contribution >= 0.6 is 0 Å². The number of rotatable bonds is 8. The predicted octanol–water partition coefficient (Wildman–Crippen LogP) is 2.99. The number of aromatic nitrogens is 3. The second-order valence-electron chi connectivity index (χ2n) is 9.36. The molecule has 1 saturated heterocycles. The molecular weight excluding hydrogens is 458 g/mol. The van der Waals surface area contributed by atoms with Gasteiger partial charge in [-0.2, -0.15) is 5.10 Å². The van der Waals surface area contributed by atoms with Crippen LogP contribution in [0.5, 0.6) is 5.75 Å². The average Bonchev–Trinajstić information content (AvgIpc) is 3.42. The summed E-state index contributed by atoms with van der Waals surface area (Å²) < 4.78 is 14.2. The maximum atomic E-state index is 13.2. The third kappa shape index (κ3) is 4.30. The Hall–Kier alpha value is -3.85. The smallest absolute Gasteiger partial charge is 0.270 e. The Morgan fingerprint density at radius 2 is 1.94 bits per heavy atom. The minimum atomic E-state index is -0.112. The number of fused-ring (bicyclic) bond motifs is 2. The molecule has 2 aromatic carbocycles. The number of nitrogens with one attached hydrogen (secondary N) is 1. The van der Waals surface area contributed by atoms with Gasteiger partial charge in [-0.3, -0.25) is 14.3 Å². The van der Waals surface area contributed by atoms with Crippen LogP contribution in [0.2, 0.25) is 0 Å². The van der Waals surface area contributed by atoms with Crippen molar-refractivity contribution in [1.29, 1.82) is 0 Å². The number of amides is 2. The molecule has 2 amide bonds. The van der Waals surface area contributed by atoms with Gasteiger partial charge in [0.1, 0.15) is 11.4 Å². The van der Waals surface area contributed by atoms with Crippen molar-refractivity contribution in [2.75, 3.05) is 40.5 Å². The Labute approximate surface area is 209 Å². The monoisotopic (exact) mass is 489 g/mol. The summed E-state index contributed by atoms with van der Waals surface area (Å²) in [6.45, 7) is 4.98. The third-order valence-electron chi connectivity index (χ3n) is 7.00. The van der Waals surface area contributed by atoms with Crippen molar-refractivity contribution in [1.82, 2.24) is 24.6 Å². The fourth-order valence-electron chi connectivity index (χ4n) is 4.92. The molecule has 0 saturated carbocycles. The van der Waals surface area contributed by atoms with E-state index in [1.165, 1.54) is 0 Å². The number of carbonyl (C=O) groups is 2. The highest BCUT2D eigenvalue weighted by atomic mass is 16.5. The Bertz CT molecular complexity index is 1450. The Balaban J connectivity index is 1.24. The fourth-order valence-corrected chi connectivity index (χ4v) is 4.92. The van der Waals surface area contributed by atoms with Crippen molar-refractivity contribution in [3.8, 4) is 5.75 Å². The number of methoxy groups -OCH3 is 2. The first-order valence-corrected chi connectivity index (χ1v) is 12.1. The van der Waals surface area contributed by atoms with Gasteiger partial charge in [-0.15, -0.1) is 0 Å². The van der Waals surface area contributed by atoms with Crippen LogP contribution in [0.25, 0.3) is 21.8 Å². The highest BCUT2D eigenvalue weighted by Crippen LogP contribution is 2.28. The van der Waals surface area contributed by atoms with Crippen molar-refractivity contribution >= 4 is 33.6 Å². The average molecular weight is 490 g/mol. The molecule has 5 rings (SSSR count). The van der Waals surface area contributed by atoms with E-state index in [-0.39, 0.29) is 11.8 Å². The standard InChI is InChI=1S/C27H31N5O4/c1-17-21(26(33)28-9-10-35-3)6-7-23-22(17)16-32(29-23)15-18-13-31(14-18)27(34)25-12-19-11-20(36-4)5-8-24(19)30(25)2/h5-8,11-12,16,18H,9-10,13-15H2,1-4H3,(H,28,33). The summed E-state index contributed by atoms with van der Waals surface area (Å²) in [5.74, 6) is 1.03. The molecule has 0 bridgehead atoms. The van der Waals surface area contributed by atoms with Crippen molar-refractivity contribution in [3.63, 3.8) is 0 Å². The predicted molar refractivity (Wildman–Crippen MR) is 138 cm³/mol. The van der Waals surface area contributed by atoms with Gasteiger partial charge in [-0.05, 0) is 48.9 Å². The van der Waals surface area contributed by atoms with Crippen LogP contribution in [0.15, 0.2) is 42.6 Å². The number of benzene rings is 2. The van der Waals surface area contributed by atoms with Gasteiger partial charge in [0.25, 0.3) is 11.8 Å². The number of hydrogen-bond donors (Lipinski definition) is 1. The van der Waals surface area contributed by atoms with Crippen molar-refractivity contribution in [2.24, 2.45) is 13.0 Å². The molecule has 0 aliphatic carbocycles. The molecule has 36 heavy (non-hydrogen) atoms. The van der Waals surface area contributed by atoms with Gasteiger partial charge in [-0.25, -0.2) is 0 Å². The lowest BCUT2D eigenvalue weighted by atomic mass is 9.99. The molecule has 1 aliphatic rings.